The summed E-state index contributed by atoms with van der Waals surface area (Å²) < 4.78 is 6.43. The monoisotopic (exact) mass is 527 g/mol. The summed E-state index contributed by atoms with van der Waals surface area (Å²) in [6, 6.07) is 15.7. The van der Waals surface area contributed by atoms with Gasteiger partial charge in [-0.1, -0.05) is 50.3 Å². The second kappa shape index (κ2) is 9.68. The first-order chi connectivity index (χ1) is 18.1. The number of hydrogen-bond donors (Lipinski definition) is 1. The van der Waals surface area contributed by atoms with Gasteiger partial charge >= 0.3 is 5.91 Å². The first-order valence-corrected chi connectivity index (χ1v) is 13.3. The van der Waals surface area contributed by atoms with E-state index in [2.05, 4.69) is 30.7 Å². The molecular weight excluding hydrogens is 498 g/mol. The van der Waals surface area contributed by atoms with Crippen molar-refractivity contribution in [2.24, 2.45) is 0 Å². The van der Waals surface area contributed by atoms with Gasteiger partial charge in [0.25, 0.3) is 5.78 Å². The van der Waals surface area contributed by atoms with Crippen LogP contribution in [0.4, 0.5) is 5.13 Å². The fourth-order valence-corrected chi connectivity index (χ4v) is 5.61. The van der Waals surface area contributed by atoms with Gasteiger partial charge in [0.1, 0.15) is 17.6 Å². The lowest BCUT2D eigenvalue weighted by Crippen LogP contribution is -2.29. The van der Waals surface area contributed by atoms with E-state index in [0.29, 0.717) is 34.3 Å². The predicted molar refractivity (Wildman–Crippen MR) is 150 cm³/mol. The summed E-state index contributed by atoms with van der Waals surface area (Å²) in [5.41, 5.74) is 3.29. The fourth-order valence-electron chi connectivity index (χ4n) is 4.59. The molecular formula is C30H29N3O4S. The van der Waals surface area contributed by atoms with Crippen molar-refractivity contribution in [1.82, 2.24) is 9.97 Å². The van der Waals surface area contributed by atoms with Crippen molar-refractivity contribution in [1.29, 1.82) is 0 Å². The molecule has 0 radical (unpaired) electrons. The van der Waals surface area contributed by atoms with Crippen LogP contribution in [0, 0.1) is 6.92 Å². The second-order valence-electron chi connectivity index (χ2n) is 10.3. The van der Waals surface area contributed by atoms with E-state index in [1.807, 2.05) is 50.2 Å². The molecule has 38 heavy (non-hydrogen) atoms. The molecule has 0 saturated carbocycles. The fraction of sp³-hybridized carbons (Fsp3) is 0.267. The number of fused-ring (bicyclic) bond motifs is 1. The lowest BCUT2D eigenvalue weighted by Gasteiger charge is -2.23. The van der Waals surface area contributed by atoms with Crippen molar-refractivity contribution >= 4 is 44.1 Å². The summed E-state index contributed by atoms with van der Waals surface area (Å²) in [5.74, 6) is -1.04. The van der Waals surface area contributed by atoms with Crippen LogP contribution in [0.25, 0.3) is 16.0 Å². The number of rotatable bonds is 5. The van der Waals surface area contributed by atoms with E-state index in [-0.39, 0.29) is 16.7 Å². The maximum atomic E-state index is 13.6. The molecule has 5 rings (SSSR count). The van der Waals surface area contributed by atoms with Crippen molar-refractivity contribution in [2.45, 2.75) is 46.1 Å². The molecule has 8 heteroatoms. The Balaban J connectivity index is 1.71. The highest BCUT2D eigenvalue weighted by Crippen LogP contribution is 2.44. The van der Waals surface area contributed by atoms with E-state index < -0.39 is 17.7 Å². The number of Topliss-reactive ketones (excluding diaryl/α,β-unsaturated/α-hetero) is 1. The third-order valence-corrected chi connectivity index (χ3v) is 7.65. The van der Waals surface area contributed by atoms with Gasteiger partial charge in [-0.15, -0.1) is 0 Å². The maximum Gasteiger partial charge on any atom is 0.301 e. The molecule has 0 spiro atoms. The van der Waals surface area contributed by atoms with E-state index in [9.17, 15) is 14.7 Å². The van der Waals surface area contributed by atoms with Crippen LogP contribution in [0.15, 0.2) is 66.4 Å². The van der Waals surface area contributed by atoms with Crippen molar-refractivity contribution < 1.29 is 19.4 Å². The van der Waals surface area contributed by atoms with Crippen LogP contribution in [-0.4, -0.2) is 33.4 Å². The van der Waals surface area contributed by atoms with E-state index in [4.69, 9.17) is 4.74 Å². The largest absolute Gasteiger partial charge is 0.507 e. The van der Waals surface area contributed by atoms with Crippen molar-refractivity contribution in [3.8, 4) is 5.75 Å². The lowest BCUT2D eigenvalue weighted by molar-refractivity contribution is -0.132. The molecule has 7 nitrogen and oxygen atoms in total. The highest BCUT2D eigenvalue weighted by molar-refractivity contribution is 7.22. The summed E-state index contributed by atoms with van der Waals surface area (Å²) in [7, 11) is 0. The number of aromatic nitrogens is 2. The van der Waals surface area contributed by atoms with Crippen molar-refractivity contribution in [3.63, 3.8) is 0 Å². The number of anilines is 1. The number of aliphatic hydroxyl groups is 1. The van der Waals surface area contributed by atoms with Crippen molar-refractivity contribution in [3.05, 3.63) is 88.8 Å². The SMILES string of the molecule is CCOc1ccc2nc(N3C(=O)C(=O)/C(=C(/O)c4cc(C(C)(C)C)ccc4C)C3c3ccccn3)sc2c1. The molecule has 1 unspecified atom stereocenters. The van der Waals surface area contributed by atoms with E-state index in [1.165, 1.54) is 16.2 Å². The minimum Gasteiger partial charge on any atom is -0.507 e. The number of amides is 1. The zero-order chi connectivity index (χ0) is 27.2. The summed E-state index contributed by atoms with van der Waals surface area (Å²) >= 11 is 1.29. The highest BCUT2D eigenvalue weighted by atomic mass is 32.1. The molecule has 2 aromatic carbocycles. The molecule has 1 fully saturated rings. The van der Waals surface area contributed by atoms with Crippen LogP contribution >= 0.6 is 11.3 Å². The number of ketones is 1. The average molecular weight is 528 g/mol. The summed E-state index contributed by atoms with van der Waals surface area (Å²) in [5, 5.41) is 12.0. The zero-order valence-corrected chi connectivity index (χ0v) is 22.8. The molecule has 194 valence electrons. The minimum absolute atomic E-state index is 0.00267. The number of benzene rings is 2. The molecule has 1 amide bonds. The van der Waals surface area contributed by atoms with E-state index >= 15 is 0 Å². The predicted octanol–water partition coefficient (Wildman–Crippen LogP) is 6.32. The van der Waals surface area contributed by atoms with Gasteiger partial charge in [-0.2, -0.15) is 0 Å². The Bertz CT molecular complexity index is 1580. The van der Waals surface area contributed by atoms with Crippen LogP contribution in [0.5, 0.6) is 5.75 Å². The smallest absolute Gasteiger partial charge is 0.301 e. The molecule has 0 aliphatic carbocycles. The van der Waals surface area contributed by atoms with E-state index in [0.717, 1.165) is 15.8 Å². The van der Waals surface area contributed by atoms with Gasteiger partial charge in [-0.05, 0) is 66.8 Å². The minimum atomic E-state index is -0.930. The number of aliphatic hydroxyl groups excluding tert-OH is 1. The lowest BCUT2D eigenvalue weighted by atomic mass is 9.84. The Labute approximate surface area is 225 Å². The first-order valence-electron chi connectivity index (χ1n) is 12.5. The number of nitrogens with zero attached hydrogens (tertiary/aromatic N) is 3. The molecule has 1 aliphatic rings. The Morgan fingerprint density at radius 3 is 2.58 bits per heavy atom. The third kappa shape index (κ3) is 4.45. The molecule has 0 bridgehead atoms. The maximum absolute atomic E-state index is 13.6. The van der Waals surface area contributed by atoms with Crippen molar-refractivity contribution in [2.75, 3.05) is 11.5 Å². The number of ether oxygens (including phenoxy) is 1. The van der Waals surface area contributed by atoms with Crippen LogP contribution < -0.4 is 9.64 Å². The Kier molecular flexibility index (Phi) is 6.53. The van der Waals surface area contributed by atoms with Gasteiger partial charge in [0.2, 0.25) is 0 Å². The quantitative estimate of drug-likeness (QED) is 0.185. The number of pyridine rings is 1. The average Bonchev–Trinajstić information content (AvgIpc) is 3.41. The van der Waals surface area contributed by atoms with Gasteiger partial charge in [0, 0.05) is 11.8 Å². The van der Waals surface area contributed by atoms with Crippen LogP contribution in [0.1, 0.15) is 56.1 Å². The Morgan fingerprint density at radius 2 is 1.89 bits per heavy atom. The molecule has 1 aliphatic heterocycles. The van der Waals surface area contributed by atoms with Crippen LogP contribution in [0.3, 0.4) is 0 Å². The standard InChI is InChI=1S/C30H29N3O4S/c1-6-37-19-12-13-21-23(16-19)38-29(32-21)33-25(22-9-7-8-14-31-22)24(27(35)28(33)36)26(34)20-15-18(30(3,4)5)11-10-17(20)2/h7-16,25,34H,6H2,1-5H3/b26-24+. The van der Waals surface area contributed by atoms with Gasteiger partial charge in [0.15, 0.2) is 5.13 Å². The second-order valence-corrected chi connectivity index (χ2v) is 11.3. The highest BCUT2D eigenvalue weighted by Gasteiger charge is 2.49. The number of thiazole rings is 1. The molecule has 2 aromatic heterocycles. The zero-order valence-electron chi connectivity index (χ0n) is 22.0. The molecule has 1 N–H and O–H groups in total. The van der Waals surface area contributed by atoms with Gasteiger partial charge in [0.05, 0.1) is 28.1 Å². The Morgan fingerprint density at radius 1 is 1.11 bits per heavy atom. The van der Waals surface area contributed by atoms with Crippen LogP contribution in [-0.2, 0) is 15.0 Å². The summed E-state index contributed by atoms with van der Waals surface area (Å²) in [6.45, 7) is 10.6. The third-order valence-electron chi connectivity index (χ3n) is 6.64. The van der Waals surface area contributed by atoms with Gasteiger partial charge < -0.3 is 9.84 Å². The normalized spacial score (nSPS) is 17.4. The van der Waals surface area contributed by atoms with Crippen LogP contribution in [0.2, 0.25) is 0 Å². The summed E-state index contributed by atoms with van der Waals surface area (Å²) in [4.78, 5) is 37.6. The van der Waals surface area contributed by atoms with E-state index in [1.54, 1.807) is 24.4 Å². The van der Waals surface area contributed by atoms with Gasteiger partial charge in [-0.25, -0.2) is 4.98 Å². The first kappa shape index (κ1) is 25.6. The number of hydrogen-bond acceptors (Lipinski definition) is 7. The number of aryl methyl sites for hydroxylation is 1. The number of carbonyl (C=O) groups is 2. The summed E-state index contributed by atoms with van der Waals surface area (Å²) in [6.07, 6.45) is 1.60. The molecule has 4 aromatic rings. The molecule has 3 heterocycles. The topological polar surface area (TPSA) is 92.6 Å². The van der Waals surface area contributed by atoms with Gasteiger partial charge in [-0.3, -0.25) is 19.5 Å². The molecule has 1 atom stereocenters. The number of carbonyl (C=O) groups excluding carboxylic acids is 2. The Hall–Kier alpha value is -4.04. The molecule has 1 saturated heterocycles.